The third-order valence-corrected chi connectivity index (χ3v) is 5.77. The first kappa shape index (κ1) is 19.2. The van der Waals surface area contributed by atoms with Crippen molar-refractivity contribution in [2.75, 3.05) is 15.5 Å². The fraction of sp³-hybridized carbons (Fsp3) is 0.200. The maximum absolute atomic E-state index is 13.7. The van der Waals surface area contributed by atoms with Crippen LogP contribution in [0.15, 0.2) is 82.6 Å². The monoisotopic (exact) mass is 413 g/mol. The van der Waals surface area contributed by atoms with Gasteiger partial charge in [0.05, 0.1) is 17.6 Å². The minimum Gasteiger partial charge on any atom is -0.467 e. The van der Waals surface area contributed by atoms with Crippen LogP contribution in [0.4, 0.5) is 21.9 Å². The first-order valence-electron chi connectivity index (χ1n) is 10.4. The number of ketones is 1. The maximum Gasteiger partial charge on any atom is 0.327 e. The largest absolute Gasteiger partial charge is 0.467 e. The van der Waals surface area contributed by atoms with Crippen LogP contribution in [0.2, 0.25) is 0 Å². The second-order valence-corrected chi connectivity index (χ2v) is 7.90. The molecule has 0 radical (unpaired) electrons. The van der Waals surface area contributed by atoms with Crippen molar-refractivity contribution in [2.45, 2.75) is 32.2 Å². The van der Waals surface area contributed by atoms with E-state index >= 15 is 0 Å². The van der Waals surface area contributed by atoms with Gasteiger partial charge >= 0.3 is 6.03 Å². The second kappa shape index (κ2) is 7.80. The molecule has 2 aromatic carbocycles. The summed E-state index contributed by atoms with van der Waals surface area (Å²) in [4.78, 5) is 28.4. The Hall–Kier alpha value is -3.80. The molecule has 0 bridgehead atoms. The first-order chi connectivity index (χ1) is 15.1. The molecule has 31 heavy (non-hydrogen) atoms. The number of urea groups is 1. The molecule has 1 aliphatic carbocycles. The van der Waals surface area contributed by atoms with Gasteiger partial charge in [0.25, 0.3) is 0 Å². The second-order valence-electron chi connectivity index (χ2n) is 7.90. The molecule has 6 heteroatoms. The van der Waals surface area contributed by atoms with Gasteiger partial charge < -0.3 is 15.1 Å². The fourth-order valence-electron chi connectivity index (χ4n) is 4.29. The topological polar surface area (TPSA) is 74.6 Å². The van der Waals surface area contributed by atoms with Crippen LogP contribution >= 0.6 is 0 Å². The van der Waals surface area contributed by atoms with E-state index in [1.165, 1.54) is 0 Å². The lowest BCUT2D eigenvalue weighted by Crippen LogP contribution is -2.40. The summed E-state index contributed by atoms with van der Waals surface area (Å²) in [5.74, 6) is 0.594. The number of para-hydroxylation sites is 2. The van der Waals surface area contributed by atoms with Crippen LogP contribution in [0, 0.1) is 6.92 Å². The number of Topliss-reactive ketones (excluding diaryl/α,β-unsaturated/α-hetero) is 1. The highest BCUT2D eigenvalue weighted by atomic mass is 16.3. The number of allylic oxidation sites excluding steroid dienone is 1. The molecular formula is C25H23N3O3. The van der Waals surface area contributed by atoms with E-state index in [9.17, 15) is 9.59 Å². The van der Waals surface area contributed by atoms with E-state index in [0.29, 0.717) is 29.1 Å². The van der Waals surface area contributed by atoms with Crippen molar-refractivity contribution >= 4 is 28.9 Å². The summed E-state index contributed by atoms with van der Waals surface area (Å²) in [6.45, 7) is 2.00. The zero-order valence-electron chi connectivity index (χ0n) is 17.2. The van der Waals surface area contributed by atoms with E-state index < -0.39 is 6.04 Å². The zero-order valence-corrected chi connectivity index (χ0v) is 17.2. The summed E-state index contributed by atoms with van der Waals surface area (Å²) in [6, 6.07) is 17.9. The predicted molar refractivity (Wildman–Crippen MR) is 120 cm³/mol. The third kappa shape index (κ3) is 3.50. The smallest absolute Gasteiger partial charge is 0.327 e. The molecule has 2 amide bonds. The average molecular weight is 413 g/mol. The van der Waals surface area contributed by atoms with Crippen LogP contribution < -0.4 is 15.5 Å². The Morgan fingerprint density at radius 2 is 1.87 bits per heavy atom. The summed E-state index contributed by atoms with van der Waals surface area (Å²) in [5.41, 5.74) is 4.73. The molecule has 6 nitrogen and oxygen atoms in total. The van der Waals surface area contributed by atoms with Crippen molar-refractivity contribution in [3.8, 4) is 0 Å². The Balaban J connectivity index is 1.66. The molecule has 1 aliphatic heterocycles. The van der Waals surface area contributed by atoms with E-state index in [4.69, 9.17) is 4.42 Å². The predicted octanol–water partition coefficient (Wildman–Crippen LogP) is 5.80. The molecule has 1 aromatic heterocycles. The van der Waals surface area contributed by atoms with E-state index in [0.717, 1.165) is 29.8 Å². The number of nitrogens with one attached hydrogen (secondary N) is 2. The summed E-state index contributed by atoms with van der Waals surface area (Å²) < 4.78 is 5.75. The van der Waals surface area contributed by atoms with Gasteiger partial charge in [-0.25, -0.2) is 4.79 Å². The number of carbonyl (C=O) groups excluding carboxylic acids is 2. The van der Waals surface area contributed by atoms with E-state index in [-0.39, 0.29) is 11.8 Å². The van der Waals surface area contributed by atoms with E-state index in [2.05, 4.69) is 10.6 Å². The number of anilines is 3. The SMILES string of the molecule is Cc1ccc(NC(=O)N2c3ccccc3NC3=C(C(=O)CCC3)[C@@H]2c2ccco2)cc1. The molecule has 156 valence electrons. The molecule has 3 aromatic rings. The number of carbonyl (C=O) groups is 2. The first-order valence-corrected chi connectivity index (χ1v) is 10.4. The number of amides is 2. The molecule has 0 saturated heterocycles. The summed E-state index contributed by atoms with van der Waals surface area (Å²) in [6.07, 6.45) is 3.57. The van der Waals surface area contributed by atoms with Gasteiger partial charge in [-0.05, 0) is 56.2 Å². The van der Waals surface area contributed by atoms with Gasteiger partial charge in [-0.15, -0.1) is 0 Å². The van der Waals surface area contributed by atoms with Gasteiger partial charge in [-0.3, -0.25) is 9.69 Å². The van der Waals surface area contributed by atoms with Crippen molar-refractivity contribution in [2.24, 2.45) is 0 Å². The summed E-state index contributed by atoms with van der Waals surface area (Å²) in [7, 11) is 0. The van der Waals surface area contributed by atoms with Crippen molar-refractivity contribution in [1.29, 1.82) is 0 Å². The van der Waals surface area contributed by atoms with Crippen molar-refractivity contribution in [3.63, 3.8) is 0 Å². The number of furan rings is 1. The number of aryl methyl sites for hydroxylation is 1. The zero-order chi connectivity index (χ0) is 21.4. The lowest BCUT2D eigenvalue weighted by molar-refractivity contribution is -0.116. The minimum absolute atomic E-state index is 0.0380. The lowest BCUT2D eigenvalue weighted by atomic mass is 9.88. The van der Waals surface area contributed by atoms with Gasteiger partial charge in [0.1, 0.15) is 11.8 Å². The Morgan fingerprint density at radius 3 is 2.65 bits per heavy atom. The molecule has 2 N–H and O–H groups in total. The Labute approximate surface area is 180 Å². The normalized spacial score (nSPS) is 18.0. The van der Waals surface area contributed by atoms with Crippen LogP contribution in [0.5, 0.6) is 0 Å². The maximum atomic E-state index is 13.7. The molecule has 0 spiro atoms. The molecule has 5 rings (SSSR count). The number of fused-ring (bicyclic) bond motifs is 1. The number of nitrogens with zero attached hydrogens (tertiary/aromatic N) is 1. The number of benzene rings is 2. The van der Waals surface area contributed by atoms with Crippen LogP contribution in [0.1, 0.15) is 36.6 Å². The van der Waals surface area contributed by atoms with Crippen molar-refractivity contribution in [3.05, 3.63) is 89.5 Å². The quantitative estimate of drug-likeness (QED) is 0.557. The van der Waals surface area contributed by atoms with Gasteiger partial charge in [-0.1, -0.05) is 29.8 Å². The highest BCUT2D eigenvalue weighted by molar-refractivity contribution is 6.09. The molecule has 0 saturated carbocycles. The van der Waals surface area contributed by atoms with E-state index in [1.54, 1.807) is 17.2 Å². The molecule has 2 aliphatic rings. The standard InChI is InChI=1S/C25H23N3O3/c1-16-11-13-17(14-12-16)26-25(30)28-20-8-3-2-6-18(20)27-19-7-4-9-21(29)23(19)24(28)22-10-5-15-31-22/h2-3,5-6,8,10-15,24,27H,4,7,9H2,1H3,(H,26,30)/t24-/m0/s1. The fourth-order valence-corrected chi connectivity index (χ4v) is 4.29. The summed E-state index contributed by atoms with van der Waals surface area (Å²) >= 11 is 0. The minimum atomic E-state index is -0.653. The molecule has 2 heterocycles. The van der Waals surface area contributed by atoms with Gasteiger partial charge in [0.2, 0.25) is 0 Å². The van der Waals surface area contributed by atoms with Gasteiger partial charge in [-0.2, -0.15) is 0 Å². The Morgan fingerprint density at radius 1 is 1.06 bits per heavy atom. The molecule has 0 unspecified atom stereocenters. The van der Waals surface area contributed by atoms with Crippen LogP contribution in [-0.2, 0) is 4.79 Å². The molecule has 1 atom stereocenters. The van der Waals surface area contributed by atoms with Crippen molar-refractivity contribution < 1.29 is 14.0 Å². The Bertz CT molecular complexity index is 1160. The molecular weight excluding hydrogens is 390 g/mol. The van der Waals surface area contributed by atoms with Crippen LogP contribution in [-0.4, -0.2) is 11.8 Å². The van der Waals surface area contributed by atoms with E-state index in [1.807, 2.05) is 61.5 Å². The Kier molecular flexibility index (Phi) is 4.82. The number of hydrogen-bond donors (Lipinski definition) is 2. The number of hydrogen-bond acceptors (Lipinski definition) is 4. The van der Waals surface area contributed by atoms with Crippen molar-refractivity contribution in [1.82, 2.24) is 0 Å². The van der Waals surface area contributed by atoms with Crippen LogP contribution in [0.3, 0.4) is 0 Å². The summed E-state index contributed by atoms with van der Waals surface area (Å²) in [5, 5.41) is 6.43. The highest BCUT2D eigenvalue weighted by Gasteiger charge is 2.40. The highest BCUT2D eigenvalue weighted by Crippen LogP contribution is 2.45. The third-order valence-electron chi connectivity index (χ3n) is 5.77. The lowest BCUT2D eigenvalue weighted by Gasteiger charge is -2.32. The van der Waals surface area contributed by atoms with Gasteiger partial charge in [0, 0.05) is 23.4 Å². The molecule has 0 fully saturated rings. The average Bonchev–Trinajstić information content (AvgIpc) is 3.25. The number of rotatable bonds is 2. The van der Waals surface area contributed by atoms with Gasteiger partial charge in [0.15, 0.2) is 5.78 Å². The van der Waals surface area contributed by atoms with Crippen LogP contribution in [0.25, 0.3) is 0 Å².